The Morgan fingerprint density at radius 2 is 1.85 bits per heavy atom. The number of carbonyl (C=O) groups is 1. The monoisotopic (exact) mass is 343 g/mol. The Morgan fingerprint density at radius 1 is 1.15 bits per heavy atom. The van der Waals surface area contributed by atoms with Gasteiger partial charge in [0.25, 0.3) is 0 Å². The zero-order valence-electron chi connectivity index (χ0n) is 14.5. The highest BCUT2D eigenvalue weighted by Crippen LogP contribution is 2.26. The lowest BCUT2D eigenvalue weighted by atomic mass is 10.0. The van der Waals surface area contributed by atoms with Crippen molar-refractivity contribution in [2.24, 2.45) is 0 Å². The van der Waals surface area contributed by atoms with Crippen molar-refractivity contribution in [1.82, 2.24) is 9.78 Å². The van der Waals surface area contributed by atoms with Crippen LogP contribution in [-0.4, -0.2) is 22.9 Å². The molecule has 0 unspecified atom stereocenters. The molecule has 0 radical (unpaired) electrons. The Bertz CT molecular complexity index is 994. The third-order valence-corrected chi connectivity index (χ3v) is 3.91. The highest BCUT2D eigenvalue weighted by atomic mass is 16.5. The molecule has 0 aliphatic rings. The van der Waals surface area contributed by atoms with Gasteiger partial charge in [0.2, 0.25) is 0 Å². The van der Waals surface area contributed by atoms with Crippen molar-refractivity contribution in [1.29, 1.82) is 5.26 Å². The van der Waals surface area contributed by atoms with E-state index in [0.29, 0.717) is 11.3 Å². The molecule has 0 aliphatic heterocycles. The molecule has 0 spiro atoms. The molecule has 3 rings (SSSR count). The fourth-order valence-electron chi connectivity index (χ4n) is 2.54. The first kappa shape index (κ1) is 17.2. The fourth-order valence-corrected chi connectivity index (χ4v) is 2.54. The maximum atomic E-state index is 11.8. The number of para-hydroxylation sites is 1. The van der Waals surface area contributed by atoms with Gasteiger partial charge in [-0.2, -0.15) is 10.4 Å². The molecule has 0 aliphatic carbocycles. The minimum Gasteiger partial charge on any atom is -0.465 e. The molecular weight excluding hydrogens is 326 g/mol. The van der Waals surface area contributed by atoms with E-state index < -0.39 is 5.97 Å². The molecule has 3 aromatic rings. The maximum Gasteiger partial charge on any atom is 0.348 e. The Labute approximate surface area is 151 Å². The van der Waals surface area contributed by atoms with Crippen LogP contribution in [-0.2, 0) is 9.53 Å². The molecule has 1 aromatic heterocycles. The average Bonchev–Trinajstić information content (AvgIpc) is 3.10. The number of esters is 1. The second-order valence-corrected chi connectivity index (χ2v) is 5.74. The molecule has 0 fully saturated rings. The number of ether oxygens (including phenoxy) is 1. The molecule has 128 valence electrons. The van der Waals surface area contributed by atoms with Gasteiger partial charge in [-0.05, 0) is 25.1 Å². The van der Waals surface area contributed by atoms with Crippen molar-refractivity contribution in [2.45, 2.75) is 6.92 Å². The van der Waals surface area contributed by atoms with Gasteiger partial charge in [-0.15, -0.1) is 0 Å². The van der Waals surface area contributed by atoms with E-state index in [9.17, 15) is 10.1 Å². The first-order chi connectivity index (χ1) is 12.6. The Kier molecular flexibility index (Phi) is 4.95. The first-order valence-electron chi connectivity index (χ1n) is 8.04. The summed E-state index contributed by atoms with van der Waals surface area (Å²) in [5.41, 5.74) is 4.20. The quantitative estimate of drug-likeness (QED) is 0.409. The lowest BCUT2D eigenvalue weighted by Gasteiger charge is -2.01. The van der Waals surface area contributed by atoms with Crippen molar-refractivity contribution in [3.05, 3.63) is 77.5 Å². The lowest BCUT2D eigenvalue weighted by molar-refractivity contribution is -0.135. The minimum absolute atomic E-state index is 0.0755. The van der Waals surface area contributed by atoms with Gasteiger partial charge in [0, 0.05) is 17.3 Å². The van der Waals surface area contributed by atoms with E-state index >= 15 is 0 Å². The van der Waals surface area contributed by atoms with Crippen molar-refractivity contribution >= 4 is 12.0 Å². The van der Waals surface area contributed by atoms with Crippen LogP contribution < -0.4 is 0 Å². The van der Waals surface area contributed by atoms with Crippen LogP contribution in [0.4, 0.5) is 0 Å². The molecule has 1 heterocycles. The largest absolute Gasteiger partial charge is 0.465 e. The van der Waals surface area contributed by atoms with Crippen LogP contribution in [0.15, 0.2) is 66.4 Å². The van der Waals surface area contributed by atoms with Gasteiger partial charge in [-0.25, -0.2) is 9.48 Å². The molecule has 0 bridgehead atoms. The highest BCUT2D eigenvalue weighted by molar-refractivity contribution is 5.98. The highest BCUT2D eigenvalue weighted by Gasteiger charge is 2.15. The Hall–Kier alpha value is -3.65. The molecule has 0 amide bonds. The van der Waals surface area contributed by atoms with Gasteiger partial charge in [-0.3, -0.25) is 0 Å². The summed E-state index contributed by atoms with van der Waals surface area (Å²) < 4.78 is 6.40. The van der Waals surface area contributed by atoms with E-state index in [2.05, 4.69) is 9.84 Å². The van der Waals surface area contributed by atoms with Crippen molar-refractivity contribution < 1.29 is 9.53 Å². The topological polar surface area (TPSA) is 67.9 Å². The van der Waals surface area contributed by atoms with E-state index in [-0.39, 0.29) is 5.57 Å². The van der Waals surface area contributed by atoms with Crippen LogP contribution in [0.3, 0.4) is 0 Å². The normalized spacial score (nSPS) is 11.0. The van der Waals surface area contributed by atoms with Gasteiger partial charge in [0.05, 0.1) is 18.5 Å². The van der Waals surface area contributed by atoms with Gasteiger partial charge < -0.3 is 4.74 Å². The summed E-state index contributed by atoms with van der Waals surface area (Å²) >= 11 is 0. The van der Waals surface area contributed by atoms with E-state index in [4.69, 9.17) is 0 Å². The molecule has 0 saturated carbocycles. The number of aryl methyl sites for hydroxylation is 1. The van der Waals surface area contributed by atoms with Crippen molar-refractivity contribution in [3.8, 4) is 23.0 Å². The van der Waals surface area contributed by atoms with Crippen molar-refractivity contribution in [2.75, 3.05) is 7.11 Å². The summed E-state index contributed by atoms with van der Waals surface area (Å²) in [7, 11) is 1.25. The average molecular weight is 343 g/mol. The van der Waals surface area contributed by atoms with Crippen LogP contribution >= 0.6 is 0 Å². The predicted molar refractivity (Wildman–Crippen MR) is 99.3 cm³/mol. The minimum atomic E-state index is -0.671. The number of nitriles is 1. The molecule has 2 aromatic carbocycles. The van der Waals surface area contributed by atoms with Gasteiger partial charge in [0.1, 0.15) is 11.6 Å². The number of methoxy groups -OCH3 is 1. The summed E-state index contributed by atoms with van der Waals surface area (Å²) in [6, 6.07) is 19.5. The van der Waals surface area contributed by atoms with Crippen molar-refractivity contribution in [3.63, 3.8) is 0 Å². The number of aromatic nitrogens is 2. The number of hydrogen-bond donors (Lipinski definition) is 0. The molecule has 0 saturated heterocycles. The van der Waals surface area contributed by atoms with E-state index in [1.54, 1.807) is 10.9 Å². The number of hydrogen-bond acceptors (Lipinski definition) is 4. The summed E-state index contributed by atoms with van der Waals surface area (Å²) in [6.07, 6.45) is 3.30. The zero-order chi connectivity index (χ0) is 18.5. The predicted octanol–water partition coefficient (Wildman–Crippen LogP) is 3.93. The van der Waals surface area contributed by atoms with Crippen LogP contribution in [0.25, 0.3) is 23.0 Å². The first-order valence-corrected chi connectivity index (χ1v) is 8.04. The Morgan fingerprint density at radius 3 is 2.46 bits per heavy atom. The number of benzene rings is 2. The summed E-state index contributed by atoms with van der Waals surface area (Å²) in [4.78, 5) is 11.8. The SMILES string of the molecule is COC(=O)/C(C#N)=C/c1cn(-c2ccccc2)nc1-c1ccc(C)cc1. The van der Waals surface area contributed by atoms with E-state index in [1.165, 1.54) is 13.2 Å². The molecular formula is C21H17N3O2. The Balaban J connectivity index is 2.16. The third kappa shape index (κ3) is 3.55. The zero-order valence-corrected chi connectivity index (χ0v) is 14.5. The van der Waals surface area contributed by atoms with Gasteiger partial charge in [0.15, 0.2) is 0 Å². The third-order valence-electron chi connectivity index (χ3n) is 3.91. The van der Waals surface area contributed by atoms with E-state index in [0.717, 1.165) is 16.8 Å². The summed E-state index contributed by atoms with van der Waals surface area (Å²) in [6.45, 7) is 2.01. The lowest BCUT2D eigenvalue weighted by Crippen LogP contribution is -2.02. The maximum absolute atomic E-state index is 11.8. The van der Waals surface area contributed by atoms with Crippen LogP contribution in [0, 0.1) is 18.3 Å². The fraction of sp³-hybridized carbons (Fsp3) is 0.0952. The molecule has 0 N–H and O–H groups in total. The molecule has 0 atom stereocenters. The standard InChI is InChI=1S/C21H17N3O2/c1-15-8-10-16(11-9-15)20-18(12-17(13-22)21(25)26-2)14-24(23-20)19-6-4-3-5-7-19/h3-12,14H,1-2H3/b17-12+. The second-order valence-electron chi connectivity index (χ2n) is 5.74. The second kappa shape index (κ2) is 7.49. The number of carbonyl (C=O) groups excluding carboxylic acids is 1. The summed E-state index contributed by atoms with van der Waals surface area (Å²) in [5, 5.41) is 13.9. The number of nitrogens with zero attached hydrogens (tertiary/aromatic N) is 3. The van der Waals surface area contributed by atoms with E-state index in [1.807, 2.05) is 67.6 Å². The molecule has 26 heavy (non-hydrogen) atoms. The van der Waals surface area contributed by atoms with Crippen LogP contribution in [0.5, 0.6) is 0 Å². The smallest absolute Gasteiger partial charge is 0.348 e. The molecule has 5 nitrogen and oxygen atoms in total. The summed E-state index contributed by atoms with van der Waals surface area (Å²) in [5.74, 6) is -0.671. The molecule has 5 heteroatoms. The van der Waals surface area contributed by atoms with Gasteiger partial charge in [-0.1, -0.05) is 48.0 Å². The van der Waals surface area contributed by atoms with Crippen LogP contribution in [0.1, 0.15) is 11.1 Å². The van der Waals surface area contributed by atoms with Crippen LogP contribution in [0.2, 0.25) is 0 Å². The van der Waals surface area contributed by atoms with Gasteiger partial charge >= 0.3 is 5.97 Å². The number of rotatable bonds is 4.